The van der Waals surface area contributed by atoms with Gasteiger partial charge >= 0.3 is 0 Å². The molecule has 0 fully saturated rings. The Kier molecular flexibility index (Phi) is 5.15. The molecule has 0 saturated heterocycles. The second-order valence-corrected chi connectivity index (χ2v) is 4.80. The second-order valence-electron chi connectivity index (χ2n) is 3.89. The Bertz CT molecular complexity index is 344. The molecule has 0 saturated carbocycles. The van der Waals surface area contributed by atoms with Crippen molar-refractivity contribution in [3.05, 3.63) is 22.6 Å². The van der Waals surface area contributed by atoms with Gasteiger partial charge in [-0.15, -0.1) is 0 Å². The molecule has 5 heteroatoms. The molecular weight excluding hydrogens is 273 g/mol. The first kappa shape index (κ1) is 13.4. The number of anilines is 1. The quantitative estimate of drug-likeness (QED) is 0.906. The van der Waals surface area contributed by atoms with Crippen LogP contribution in [0.15, 0.2) is 16.7 Å². The molecule has 0 aliphatic carbocycles. The summed E-state index contributed by atoms with van der Waals surface area (Å²) in [6, 6.07) is 1.63. The lowest BCUT2D eigenvalue weighted by molar-refractivity contribution is 0.582. The molecular formula is C11H17BrFN3. The Labute approximate surface area is 104 Å². The van der Waals surface area contributed by atoms with E-state index in [1.807, 2.05) is 18.7 Å². The van der Waals surface area contributed by atoms with Crippen LogP contribution in [-0.4, -0.2) is 24.1 Å². The standard InChI is InChI=1S/C11H17BrFN3/c1-8(2)16(5-3-4-14)11-10(13)6-9(12)7-15-11/h6-8H,3-5,14H2,1-2H3. The van der Waals surface area contributed by atoms with E-state index in [1.165, 1.54) is 6.07 Å². The fourth-order valence-electron chi connectivity index (χ4n) is 1.49. The molecule has 0 amide bonds. The summed E-state index contributed by atoms with van der Waals surface area (Å²) in [7, 11) is 0. The van der Waals surface area contributed by atoms with Gasteiger partial charge in [0.1, 0.15) is 0 Å². The van der Waals surface area contributed by atoms with Crippen LogP contribution in [0.5, 0.6) is 0 Å². The number of aromatic nitrogens is 1. The third kappa shape index (κ3) is 3.42. The predicted octanol–water partition coefficient (Wildman–Crippen LogP) is 2.55. The van der Waals surface area contributed by atoms with Gasteiger partial charge < -0.3 is 10.6 Å². The van der Waals surface area contributed by atoms with Crippen LogP contribution in [0.25, 0.3) is 0 Å². The number of pyridine rings is 1. The Morgan fingerprint density at radius 3 is 2.75 bits per heavy atom. The van der Waals surface area contributed by atoms with Crippen molar-refractivity contribution in [2.45, 2.75) is 26.3 Å². The zero-order valence-corrected chi connectivity index (χ0v) is 11.2. The fraction of sp³-hybridized carbons (Fsp3) is 0.545. The average molecular weight is 290 g/mol. The van der Waals surface area contributed by atoms with Crippen molar-refractivity contribution in [1.82, 2.24) is 4.98 Å². The van der Waals surface area contributed by atoms with Crippen molar-refractivity contribution < 1.29 is 4.39 Å². The molecule has 0 aromatic carbocycles. The Hall–Kier alpha value is -0.680. The van der Waals surface area contributed by atoms with E-state index in [0.29, 0.717) is 16.8 Å². The molecule has 3 nitrogen and oxygen atoms in total. The topological polar surface area (TPSA) is 42.1 Å². The maximum Gasteiger partial charge on any atom is 0.166 e. The Morgan fingerprint density at radius 1 is 1.56 bits per heavy atom. The van der Waals surface area contributed by atoms with Crippen molar-refractivity contribution in [3.8, 4) is 0 Å². The van der Waals surface area contributed by atoms with Crippen LogP contribution < -0.4 is 10.6 Å². The van der Waals surface area contributed by atoms with E-state index in [2.05, 4.69) is 20.9 Å². The van der Waals surface area contributed by atoms with E-state index >= 15 is 0 Å². The molecule has 0 unspecified atom stereocenters. The first-order valence-electron chi connectivity index (χ1n) is 5.34. The molecule has 1 rings (SSSR count). The smallest absolute Gasteiger partial charge is 0.166 e. The molecule has 1 aromatic rings. The summed E-state index contributed by atoms with van der Waals surface area (Å²) in [4.78, 5) is 6.04. The lowest BCUT2D eigenvalue weighted by Crippen LogP contribution is -2.34. The van der Waals surface area contributed by atoms with Crippen LogP contribution in [0, 0.1) is 5.82 Å². The SMILES string of the molecule is CC(C)N(CCCN)c1ncc(Br)cc1F. The highest BCUT2D eigenvalue weighted by Crippen LogP contribution is 2.21. The van der Waals surface area contributed by atoms with Gasteiger partial charge in [0.15, 0.2) is 11.6 Å². The normalized spacial score (nSPS) is 10.9. The molecule has 0 aliphatic rings. The molecule has 0 aliphatic heterocycles. The second kappa shape index (κ2) is 6.15. The molecule has 0 radical (unpaired) electrons. The maximum atomic E-state index is 13.7. The van der Waals surface area contributed by atoms with Crippen molar-refractivity contribution in [3.63, 3.8) is 0 Å². The summed E-state index contributed by atoms with van der Waals surface area (Å²) >= 11 is 3.19. The van der Waals surface area contributed by atoms with Gasteiger partial charge in [0.2, 0.25) is 0 Å². The van der Waals surface area contributed by atoms with Crippen LogP contribution in [0.3, 0.4) is 0 Å². The largest absolute Gasteiger partial charge is 0.352 e. The van der Waals surface area contributed by atoms with Gasteiger partial charge in [0.05, 0.1) is 0 Å². The van der Waals surface area contributed by atoms with Gasteiger partial charge in [0, 0.05) is 23.3 Å². The summed E-state index contributed by atoms with van der Waals surface area (Å²) in [6.45, 7) is 5.35. The summed E-state index contributed by atoms with van der Waals surface area (Å²) in [6.07, 6.45) is 2.44. The number of halogens is 2. The van der Waals surface area contributed by atoms with E-state index in [-0.39, 0.29) is 11.9 Å². The number of rotatable bonds is 5. The van der Waals surface area contributed by atoms with Crippen molar-refractivity contribution in [2.75, 3.05) is 18.0 Å². The van der Waals surface area contributed by atoms with Crippen molar-refractivity contribution >= 4 is 21.7 Å². The van der Waals surface area contributed by atoms with Crippen LogP contribution in [0.1, 0.15) is 20.3 Å². The van der Waals surface area contributed by atoms with Crippen LogP contribution >= 0.6 is 15.9 Å². The zero-order chi connectivity index (χ0) is 12.1. The Morgan fingerprint density at radius 2 is 2.25 bits per heavy atom. The van der Waals surface area contributed by atoms with E-state index in [0.717, 1.165) is 13.0 Å². The fourth-order valence-corrected chi connectivity index (χ4v) is 1.79. The molecule has 0 spiro atoms. The summed E-state index contributed by atoms with van der Waals surface area (Å²) in [5.74, 6) is 0.0896. The minimum atomic E-state index is -0.305. The molecule has 1 aromatic heterocycles. The summed E-state index contributed by atoms with van der Waals surface area (Å²) in [5.41, 5.74) is 5.47. The van der Waals surface area contributed by atoms with Crippen molar-refractivity contribution in [1.29, 1.82) is 0 Å². The molecule has 0 atom stereocenters. The third-order valence-electron chi connectivity index (χ3n) is 2.29. The molecule has 90 valence electrons. The zero-order valence-electron chi connectivity index (χ0n) is 9.58. The highest BCUT2D eigenvalue weighted by molar-refractivity contribution is 9.10. The first-order chi connectivity index (χ1) is 7.56. The van der Waals surface area contributed by atoms with Gasteiger partial charge in [-0.1, -0.05) is 0 Å². The van der Waals surface area contributed by atoms with E-state index < -0.39 is 0 Å². The lowest BCUT2D eigenvalue weighted by Gasteiger charge is -2.28. The van der Waals surface area contributed by atoms with E-state index in [1.54, 1.807) is 6.20 Å². The van der Waals surface area contributed by atoms with Crippen molar-refractivity contribution in [2.24, 2.45) is 5.73 Å². The number of nitrogens with two attached hydrogens (primary N) is 1. The number of hydrogen-bond donors (Lipinski definition) is 1. The minimum absolute atomic E-state index is 0.203. The predicted molar refractivity (Wildman–Crippen MR) is 68.0 cm³/mol. The van der Waals surface area contributed by atoms with Gasteiger partial charge in [0.25, 0.3) is 0 Å². The monoisotopic (exact) mass is 289 g/mol. The van der Waals surface area contributed by atoms with Gasteiger partial charge in [-0.25, -0.2) is 9.37 Å². The van der Waals surface area contributed by atoms with Gasteiger partial charge in [-0.3, -0.25) is 0 Å². The third-order valence-corrected chi connectivity index (χ3v) is 2.72. The van der Waals surface area contributed by atoms with Crippen LogP contribution in [0.2, 0.25) is 0 Å². The molecule has 0 bridgehead atoms. The highest BCUT2D eigenvalue weighted by atomic mass is 79.9. The Balaban J connectivity index is 2.92. The summed E-state index contributed by atoms with van der Waals surface area (Å²) in [5, 5.41) is 0. The number of hydrogen-bond acceptors (Lipinski definition) is 3. The molecule has 2 N–H and O–H groups in total. The molecule has 16 heavy (non-hydrogen) atoms. The molecule has 1 heterocycles. The van der Waals surface area contributed by atoms with Crippen LogP contribution in [-0.2, 0) is 0 Å². The number of nitrogens with zero attached hydrogens (tertiary/aromatic N) is 2. The van der Waals surface area contributed by atoms with Gasteiger partial charge in [-0.05, 0) is 48.8 Å². The van der Waals surface area contributed by atoms with E-state index in [9.17, 15) is 4.39 Å². The minimum Gasteiger partial charge on any atom is -0.352 e. The highest BCUT2D eigenvalue weighted by Gasteiger charge is 2.15. The average Bonchev–Trinajstić information content (AvgIpc) is 2.20. The van der Waals surface area contributed by atoms with E-state index in [4.69, 9.17) is 5.73 Å². The van der Waals surface area contributed by atoms with Gasteiger partial charge in [-0.2, -0.15) is 0 Å². The maximum absolute atomic E-state index is 13.7. The first-order valence-corrected chi connectivity index (χ1v) is 6.13. The lowest BCUT2D eigenvalue weighted by atomic mass is 10.2. The van der Waals surface area contributed by atoms with Crippen LogP contribution in [0.4, 0.5) is 10.2 Å². The summed E-state index contributed by atoms with van der Waals surface area (Å²) < 4.78 is 14.4.